The van der Waals surface area contributed by atoms with Crippen LogP contribution in [0, 0.1) is 23.2 Å². The van der Waals surface area contributed by atoms with Gasteiger partial charge in [0, 0.05) is 5.69 Å². The first kappa shape index (κ1) is 20.1. The molecule has 1 aliphatic rings. The van der Waals surface area contributed by atoms with Gasteiger partial charge in [-0.15, -0.1) is 0 Å². The molecule has 28 heavy (non-hydrogen) atoms. The summed E-state index contributed by atoms with van der Waals surface area (Å²) >= 11 is 0. The average Bonchev–Trinajstić information content (AvgIpc) is 2.74. The number of pyridine rings is 1. The number of aromatic nitrogens is 1. The van der Waals surface area contributed by atoms with Gasteiger partial charge in [0.15, 0.2) is 0 Å². The highest BCUT2D eigenvalue weighted by Gasteiger charge is 2.27. The smallest absolute Gasteiger partial charge is 0.314 e. The highest BCUT2D eigenvalue weighted by Crippen LogP contribution is 2.32. The lowest BCUT2D eigenvalue weighted by atomic mass is 9.80. The van der Waals surface area contributed by atoms with E-state index in [0.717, 1.165) is 50.1 Å². The first-order valence-corrected chi connectivity index (χ1v) is 10.3. The van der Waals surface area contributed by atoms with Gasteiger partial charge in [-0.05, 0) is 74.3 Å². The second kappa shape index (κ2) is 10.0. The summed E-state index contributed by atoms with van der Waals surface area (Å²) in [6.45, 7) is 2.22. The van der Waals surface area contributed by atoms with E-state index in [1.54, 1.807) is 6.20 Å². The third-order valence-corrected chi connectivity index (χ3v) is 5.65. The second-order valence-electron chi connectivity index (χ2n) is 7.72. The van der Waals surface area contributed by atoms with Crippen molar-refractivity contribution >= 4 is 5.97 Å². The quantitative estimate of drug-likeness (QED) is 0.619. The van der Waals surface area contributed by atoms with Crippen molar-refractivity contribution in [2.45, 2.75) is 58.3 Å². The van der Waals surface area contributed by atoms with Crippen molar-refractivity contribution in [2.75, 3.05) is 0 Å². The molecule has 0 bridgehead atoms. The predicted octanol–water partition coefficient (Wildman–Crippen LogP) is 5.25. The fourth-order valence-corrected chi connectivity index (χ4v) is 3.93. The number of carbonyl (C=O) groups excluding carboxylic acids is 1. The SMILES string of the molecule is CCC[C@H]1CC[C@H](C(=O)Oc2ccc(CCc3ccc(C#N)cc3)nc2)CC1. The molecule has 1 heterocycles. The van der Waals surface area contributed by atoms with Crippen LogP contribution >= 0.6 is 0 Å². The second-order valence-corrected chi connectivity index (χ2v) is 7.72. The summed E-state index contributed by atoms with van der Waals surface area (Å²) in [7, 11) is 0. The van der Waals surface area contributed by atoms with Crippen molar-refractivity contribution in [3.63, 3.8) is 0 Å². The zero-order chi connectivity index (χ0) is 19.8. The van der Waals surface area contributed by atoms with Crippen molar-refractivity contribution in [2.24, 2.45) is 11.8 Å². The summed E-state index contributed by atoms with van der Waals surface area (Å²) in [6, 6.07) is 13.5. The fraction of sp³-hybridized carbons (Fsp3) is 0.458. The van der Waals surface area contributed by atoms with Crippen LogP contribution in [-0.2, 0) is 17.6 Å². The Morgan fingerprint density at radius 3 is 2.46 bits per heavy atom. The Hall–Kier alpha value is -2.67. The van der Waals surface area contributed by atoms with Crippen LogP contribution in [0.2, 0.25) is 0 Å². The summed E-state index contributed by atoms with van der Waals surface area (Å²) in [5.74, 6) is 1.24. The molecule has 2 aromatic rings. The summed E-state index contributed by atoms with van der Waals surface area (Å²) in [6.07, 6.45) is 9.98. The summed E-state index contributed by atoms with van der Waals surface area (Å²) in [5, 5.41) is 8.85. The maximum absolute atomic E-state index is 12.4. The molecule has 3 rings (SSSR count). The van der Waals surface area contributed by atoms with E-state index in [0.29, 0.717) is 11.3 Å². The number of hydrogen-bond acceptors (Lipinski definition) is 4. The van der Waals surface area contributed by atoms with Gasteiger partial charge in [-0.1, -0.05) is 31.9 Å². The number of rotatable bonds is 7. The van der Waals surface area contributed by atoms with E-state index in [2.05, 4.69) is 18.0 Å². The minimum atomic E-state index is -0.109. The Balaban J connectivity index is 1.46. The van der Waals surface area contributed by atoms with E-state index in [-0.39, 0.29) is 11.9 Å². The van der Waals surface area contributed by atoms with Crippen LogP contribution in [-0.4, -0.2) is 11.0 Å². The molecule has 0 aliphatic heterocycles. The number of aryl methyl sites for hydroxylation is 2. The van der Waals surface area contributed by atoms with Crippen molar-refractivity contribution < 1.29 is 9.53 Å². The monoisotopic (exact) mass is 376 g/mol. The van der Waals surface area contributed by atoms with Crippen molar-refractivity contribution in [1.82, 2.24) is 4.98 Å². The molecule has 0 saturated heterocycles. The minimum absolute atomic E-state index is 0.0316. The van der Waals surface area contributed by atoms with Gasteiger partial charge in [0.25, 0.3) is 0 Å². The number of hydrogen-bond donors (Lipinski definition) is 0. The first-order valence-electron chi connectivity index (χ1n) is 10.3. The van der Waals surface area contributed by atoms with Gasteiger partial charge in [0.05, 0.1) is 23.7 Å². The number of benzene rings is 1. The zero-order valence-corrected chi connectivity index (χ0v) is 16.6. The minimum Gasteiger partial charge on any atom is -0.425 e. The summed E-state index contributed by atoms with van der Waals surface area (Å²) < 4.78 is 5.56. The molecule has 0 radical (unpaired) electrons. The lowest BCUT2D eigenvalue weighted by molar-refractivity contribution is -0.140. The largest absolute Gasteiger partial charge is 0.425 e. The molecule has 0 spiro atoms. The van der Waals surface area contributed by atoms with Crippen LogP contribution in [0.3, 0.4) is 0 Å². The number of nitriles is 1. The molecule has 146 valence electrons. The van der Waals surface area contributed by atoms with Gasteiger partial charge in [-0.25, -0.2) is 0 Å². The Kier molecular flexibility index (Phi) is 7.19. The summed E-state index contributed by atoms with van der Waals surface area (Å²) in [5.41, 5.74) is 2.81. The Bertz CT molecular complexity index is 798. The highest BCUT2D eigenvalue weighted by atomic mass is 16.5. The Morgan fingerprint density at radius 2 is 1.86 bits per heavy atom. The van der Waals surface area contributed by atoms with Crippen LogP contribution in [0.15, 0.2) is 42.6 Å². The van der Waals surface area contributed by atoms with Gasteiger partial charge in [0.1, 0.15) is 5.75 Å². The predicted molar refractivity (Wildman–Crippen MR) is 109 cm³/mol. The topological polar surface area (TPSA) is 63.0 Å². The Labute approximate surface area is 167 Å². The normalized spacial score (nSPS) is 19.0. The molecule has 1 aromatic heterocycles. The van der Waals surface area contributed by atoms with Gasteiger partial charge >= 0.3 is 5.97 Å². The van der Waals surface area contributed by atoms with E-state index in [1.165, 1.54) is 18.4 Å². The average molecular weight is 377 g/mol. The highest BCUT2D eigenvalue weighted by molar-refractivity contribution is 5.75. The van der Waals surface area contributed by atoms with Crippen molar-refractivity contribution in [1.29, 1.82) is 5.26 Å². The van der Waals surface area contributed by atoms with Crippen LogP contribution in [0.1, 0.15) is 62.3 Å². The third-order valence-electron chi connectivity index (χ3n) is 5.65. The molecule has 1 saturated carbocycles. The molecule has 1 fully saturated rings. The van der Waals surface area contributed by atoms with Crippen LogP contribution in [0.4, 0.5) is 0 Å². The number of nitrogens with zero attached hydrogens (tertiary/aromatic N) is 2. The van der Waals surface area contributed by atoms with E-state index >= 15 is 0 Å². The zero-order valence-electron chi connectivity index (χ0n) is 16.6. The Morgan fingerprint density at radius 1 is 1.11 bits per heavy atom. The van der Waals surface area contributed by atoms with Crippen molar-refractivity contribution in [3.05, 3.63) is 59.4 Å². The van der Waals surface area contributed by atoms with Gasteiger partial charge in [-0.2, -0.15) is 5.26 Å². The van der Waals surface area contributed by atoms with Crippen LogP contribution in [0.25, 0.3) is 0 Å². The lowest BCUT2D eigenvalue weighted by Gasteiger charge is -2.26. The molecule has 4 heteroatoms. The van der Waals surface area contributed by atoms with E-state index in [4.69, 9.17) is 10.00 Å². The first-order chi connectivity index (χ1) is 13.7. The van der Waals surface area contributed by atoms with Crippen molar-refractivity contribution in [3.8, 4) is 11.8 Å². The van der Waals surface area contributed by atoms with Crippen LogP contribution < -0.4 is 4.74 Å². The molecule has 0 unspecified atom stereocenters. The molecule has 1 aromatic carbocycles. The molecule has 1 aliphatic carbocycles. The number of ether oxygens (including phenoxy) is 1. The van der Waals surface area contributed by atoms with E-state index in [9.17, 15) is 4.79 Å². The van der Waals surface area contributed by atoms with Gasteiger partial charge in [0.2, 0.25) is 0 Å². The number of esters is 1. The van der Waals surface area contributed by atoms with Gasteiger partial charge in [-0.3, -0.25) is 9.78 Å². The third kappa shape index (κ3) is 5.66. The molecular formula is C24H28N2O2. The molecule has 0 amide bonds. The molecule has 0 N–H and O–H groups in total. The molecule has 4 nitrogen and oxygen atoms in total. The van der Waals surface area contributed by atoms with E-state index in [1.807, 2.05) is 36.4 Å². The number of carbonyl (C=O) groups is 1. The van der Waals surface area contributed by atoms with E-state index < -0.39 is 0 Å². The molecule has 0 atom stereocenters. The lowest BCUT2D eigenvalue weighted by Crippen LogP contribution is -2.25. The molecular weight excluding hydrogens is 348 g/mol. The van der Waals surface area contributed by atoms with Gasteiger partial charge < -0.3 is 4.74 Å². The standard InChI is InChI=1S/C24H28N2O2/c1-2-3-18-8-11-21(12-9-18)24(27)28-23-15-14-22(26-17-23)13-10-19-4-6-20(16-25)7-5-19/h4-7,14-15,17-18,21H,2-3,8-13H2,1H3/t18-,21-. The summed E-state index contributed by atoms with van der Waals surface area (Å²) in [4.78, 5) is 16.8. The van der Waals surface area contributed by atoms with Crippen LogP contribution in [0.5, 0.6) is 5.75 Å². The fourth-order valence-electron chi connectivity index (χ4n) is 3.93. The maximum atomic E-state index is 12.4. The maximum Gasteiger partial charge on any atom is 0.314 e.